The van der Waals surface area contributed by atoms with Crippen LogP contribution in [0.15, 0.2) is 0 Å². The van der Waals surface area contributed by atoms with E-state index in [4.69, 9.17) is 5.73 Å². The van der Waals surface area contributed by atoms with Crippen LogP contribution < -0.4 is 5.73 Å². The highest BCUT2D eigenvalue weighted by Gasteiger charge is 2.32. The molecule has 2 aliphatic heterocycles. The van der Waals surface area contributed by atoms with Crippen LogP contribution in [0.4, 0.5) is 0 Å². The van der Waals surface area contributed by atoms with Crippen molar-refractivity contribution in [1.82, 2.24) is 14.7 Å². The largest absolute Gasteiger partial charge is 0.341 e. The Balaban J connectivity index is 1.80. The molecule has 0 aromatic heterocycles. The molecule has 0 aliphatic carbocycles. The van der Waals surface area contributed by atoms with Crippen molar-refractivity contribution in [3.63, 3.8) is 0 Å². The van der Waals surface area contributed by atoms with Gasteiger partial charge in [0, 0.05) is 38.6 Å². The Morgan fingerprint density at radius 3 is 2.47 bits per heavy atom. The molecule has 5 heteroatoms. The van der Waals surface area contributed by atoms with Gasteiger partial charge in [0.2, 0.25) is 5.91 Å². The first-order valence-corrected chi connectivity index (χ1v) is 7.49. The number of hydrogen-bond acceptors (Lipinski definition) is 4. The summed E-state index contributed by atoms with van der Waals surface area (Å²) in [5.41, 5.74) is 5.58. The first-order valence-electron chi connectivity index (χ1n) is 7.49. The number of nitrogens with zero attached hydrogens (tertiary/aromatic N) is 3. The minimum absolute atomic E-state index is 0.227. The molecule has 2 N–H and O–H groups in total. The normalized spacial score (nSPS) is 26.8. The van der Waals surface area contributed by atoms with Crippen LogP contribution in [0.25, 0.3) is 0 Å². The van der Waals surface area contributed by atoms with Gasteiger partial charge in [0.05, 0.1) is 0 Å². The highest BCUT2D eigenvalue weighted by Crippen LogP contribution is 2.22. The summed E-state index contributed by atoms with van der Waals surface area (Å²) < 4.78 is 0. The second-order valence-electron chi connectivity index (χ2n) is 6.06. The maximum absolute atomic E-state index is 12.5. The van der Waals surface area contributed by atoms with Gasteiger partial charge in [-0.05, 0) is 45.9 Å². The Morgan fingerprint density at radius 2 is 1.95 bits per heavy atom. The first-order chi connectivity index (χ1) is 9.11. The zero-order chi connectivity index (χ0) is 13.8. The molecule has 0 radical (unpaired) electrons. The highest BCUT2D eigenvalue weighted by molar-refractivity contribution is 5.79. The fourth-order valence-electron chi connectivity index (χ4n) is 3.28. The molecule has 2 aliphatic rings. The number of carbonyl (C=O) groups excluding carboxylic acids is 1. The fraction of sp³-hybridized carbons (Fsp3) is 0.929. The van der Waals surface area contributed by atoms with Crippen molar-refractivity contribution < 1.29 is 4.79 Å². The molecule has 0 spiro atoms. The Kier molecular flexibility index (Phi) is 5.19. The van der Waals surface area contributed by atoms with Crippen LogP contribution >= 0.6 is 0 Å². The zero-order valence-corrected chi connectivity index (χ0v) is 12.3. The lowest BCUT2D eigenvalue weighted by atomic mass is 9.94. The van der Waals surface area contributed by atoms with Crippen LogP contribution in [-0.4, -0.2) is 80.0 Å². The van der Waals surface area contributed by atoms with Crippen molar-refractivity contribution in [2.45, 2.75) is 25.3 Å². The van der Waals surface area contributed by atoms with Crippen LogP contribution in [0.5, 0.6) is 0 Å². The van der Waals surface area contributed by atoms with Gasteiger partial charge >= 0.3 is 0 Å². The average molecular weight is 268 g/mol. The molecular weight excluding hydrogens is 240 g/mol. The average Bonchev–Trinajstić information content (AvgIpc) is 2.85. The molecule has 0 saturated carbocycles. The van der Waals surface area contributed by atoms with Gasteiger partial charge in [-0.25, -0.2) is 0 Å². The number of nitrogens with two attached hydrogens (primary N) is 1. The number of hydrogen-bond donors (Lipinski definition) is 1. The third-order valence-electron chi connectivity index (χ3n) is 4.64. The number of piperidine rings is 1. The van der Waals surface area contributed by atoms with Crippen molar-refractivity contribution in [2.24, 2.45) is 11.7 Å². The summed E-state index contributed by atoms with van der Waals surface area (Å²) in [5.74, 6) is 0.581. The topological polar surface area (TPSA) is 52.8 Å². The smallest absolute Gasteiger partial charge is 0.225 e. The fourth-order valence-corrected chi connectivity index (χ4v) is 3.28. The minimum atomic E-state index is 0.227. The van der Waals surface area contributed by atoms with Crippen molar-refractivity contribution in [1.29, 1.82) is 0 Å². The van der Waals surface area contributed by atoms with Crippen molar-refractivity contribution >= 4 is 5.91 Å². The van der Waals surface area contributed by atoms with Crippen molar-refractivity contribution in [3.8, 4) is 0 Å². The zero-order valence-electron chi connectivity index (χ0n) is 12.3. The van der Waals surface area contributed by atoms with Gasteiger partial charge in [-0.1, -0.05) is 0 Å². The predicted octanol–water partition coefficient (Wildman–Crippen LogP) is -0.180. The van der Waals surface area contributed by atoms with Gasteiger partial charge in [-0.2, -0.15) is 0 Å². The van der Waals surface area contributed by atoms with E-state index in [0.717, 1.165) is 52.0 Å². The number of likely N-dealkylation sites (N-methyl/N-ethyl adjacent to an activating group) is 2. The summed E-state index contributed by atoms with van der Waals surface area (Å²) in [7, 11) is 4.11. The van der Waals surface area contributed by atoms with Crippen LogP contribution in [0, 0.1) is 5.92 Å². The van der Waals surface area contributed by atoms with Gasteiger partial charge in [0.25, 0.3) is 0 Å². The summed E-state index contributed by atoms with van der Waals surface area (Å²) >= 11 is 0. The number of likely N-dealkylation sites (tertiary alicyclic amines) is 2. The van der Waals surface area contributed by atoms with Crippen LogP contribution in [-0.2, 0) is 4.79 Å². The van der Waals surface area contributed by atoms with Gasteiger partial charge in [0.1, 0.15) is 0 Å². The summed E-state index contributed by atoms with van der Waals surface area (Å²) in [4.78, 5) is 19.2. The van der Waals surface area contributed by atoms with Crippen LogP contribution in [0.3, 0.4) is 0 Å². The Hall–Kier alpha value is -0.650. The summed E-state index contributed by atoms with van der Waals surface area (Å²) in [6, 6.07) is 0.416. The second kappa shape index (κ2) is 6.68. The van der Waals surface area contributed by atoms with E-state index in [2.05, 4.69) is 16.8 Å². The summed E-state index contributed by atoms with van der Waals surface area (Å²) in [6.45, 7) is 5.85. The monoisotopic (exact) mass is 268 g/mol. The predicted molar refractivity (Wildman–Crippen MR) is 76.9 cm³/mol. The molecule has 5 nitrogen and oxygen atoms in total. The molecule has 2 saturated heterocycles. The number of amides is 1. The summed E-state index contributed by atoms with van der Waals surface area (Å²) in [5, 5.41) is 0. The number of rotatable bonds is 4. The summed E-state index contributed by atoms with van der Waals surface area (Å²) in [6.07, 6.45) is 3.10. The van der Waals surface area contributed by atoms with Crippen molar-refractivity contribution in [3.05, 3.63) is 0 Å². The third-order valence-corrected chi connectivity index (χ3v) is 4.64. The van der Waals surface area contributed by atoms with Gasteiger partial charge in [0.15, 0.2) is 0 Å². The Morgan fingerprint density at radius 1 is 1.26 bits per heavy atom. The van der Waals surface area contributed by atoms with E-state index in [1.54, 1.807) is 0 Å². The van der Waals surface area contributed by atoms with Gasteiger partial charge in [-0.3, -0.25) is 4.79 Å². The molecule has 19 heavy (non-hydrogen) atoms. The van der Waals surface area contributed by atoms with Gasteiger partial charge < -0.3 is 20.4 Å². The molecule has 1 unspecified atom stereocenters. The lowest BCUT2D eigenvalue weighted by molar-refractivity contribution is -0.137. The van der Waals surface area contributed by atoms with E-state index < -0.39 is 0 Å². The standard InChI is InChI=1S/C14H28N4O/c1-16-7-5-13(11-16)17(2)14(19)12-3-8-18(9-4-12)10-6-15/h12-13H,3-11,15H2,1-2H3. The van der Waals surface area contributed by atoms with E-state index in [9.17, 15) is 4.79 Å². The first kappa shape index (κ1) is 14.8. The molecule has 110 valence electrons. The maximum Gasteiger partial charge on any atom is 0.225 e. The quantitative estimate of drug-likeness (QED) is 0.768. The molecule has 0 aromatic rings. The van der Waals surface area contributed by atoms with Crippen LogP contribution in [0.2, 0.25) is 0 Å². The Labute approximate surface area is 116 Å². The lowest BCUT2D eigenvalue weighted by Crippen LogP contribution is -2.46. The van der Waals surface area contributed by atoms with Crippen molar-refractivity contribution in [2.75, 3.05) is 53.4 Å². The molecular formula is C14H28N4O. The minimum Gasteiger partial charge on any atom is -0.341 e. The molecule has 2 heterocycles. The third kappa shape index (κ3) is 3.68. The Bertz CT molecular complexity index is 302. The molecule has 2 rings (SSSR count). The molecule has 2 fully saturated rings. The van der Waals surface area contributed by atoms with E-state index in [1.807, 2.05) is 11.9 Å². The maximum atomic E-state index is 12.5. The molecule has 1 atom stereocenters. The van der Waals surface area contributed by atoms with E-state index >= 15 is 0 Å². The molecule has 1 amide bonds. The van der Waals surface area contributed by atoms with E-state index in [0.29, 0.717) is 18.5 Å². The number of carbonyl (C=O) groups is 1. The lowest BCUT2D eigenvalue weighted by Gasteiger charge is -2.34. The second-order valence-corrected chi connectivity index (χ2v) is 6.06. The molecule has 0 aromatic carbocycles. The van der Waals surface area contributed by atoms with E-state index in [1.165, 1.54) is 0 Å². The highest BCUT2D eigenvalue weighted by atomic mass is 16.2. The van der Waals surface area contributed by atoms with Gasteiger partial charge in [-0.15, -0.1) is 0 Å². The van der Waals surface area contributed by atoms with E-state index in [-0.39, 0.29) is 5.92 Å². The SMILES string of the molecule is CN1CCC(N(C)C(=O)C2CCN(CCN)CC2)C1. The molecule has 0 bridgehead atoms. The van der Waals surface area contributed by atoms with Crippen LogP contribution in [0.1, 0.15) is 19.3 Å².